The Labute approximate surface area is 185 Å². The molecule has 0 aliphatic carbocycles. The van der Waals surface area contributed by atoms with Gasteiger partial charge in [0.2, 0.25) is 5.91 Å². The van der Waals surface area contributed by atoms with Crippen molar-refractivity contribution in [3.63, 3.8) is 0 Å². The summed E-state index contributed by atoms with van der Waals surface area (Å²) in [4.78, 5) is 19.2. The average Bonchev–Trinajstić information content (AvgIpc) is 3.31. The first-order chi connectivity index (χ1) is 15.1. The zero-order chi connectivity index (χ0) is 21.8. The Bertz CT molecular complexity index is 1060. The average molecular weight is 442 g/mol. The SMILES string of the molecule is COc1cccc(-c2nc(C3CCN(C(=O)Cc4ccc(OC)cc4Cl)CC3)no2)c1. The summed E-state index contributed by atoms with van der Waals surface area (Å²) in [5, 5.41) is 4.72. The van der Waals surface area contributed by atoms with Crippen LogP contribution in [0, 0.1) is 0 Å². The van der Waals surface area contributed by atoms with Gasteiger partial charge in [0.25, 0.3) is 5.89 Å². The molecule has 3 aromatic rings. The van der Waals surface area contributed by atoms with Gasteiger partial charge in [-0.05, 0) is 48.7 Å². The van der Waals surface area contributed by atoms with Crippen molar-refractivity contribution in [2.45, 2.75) is 25.2 Å². The number of carbonyl (C=O) groups excluding carboxylic acids is 1. The highest BCUT2D eigenvalue weighted by Crippen LogP contribution is 2.30. The molecule has 4 rings (SSSR count). The van der Waals surface area contributed by atoms with Crippen molar-refractivity contribution in [1.29, 1.82) is 0 Å². The lowest BCUT2D eigenvalue weighted by Crippen LogP contribution is -2.39. The van der Waals surface area contributed by atoms with Crippen molar-refractivity contribution in [2.75, 3.05) is 27.3 Å². The molecule has 1 aliphatic rings. The maximum atomic E-state index is 12.7. The summed E-state index contributed by atoms with van der Waals surface area (Å²) >= 11 is 6.28. The Morgan fingerprint density at radius 2 is 1.87 bits per heavy atom. The van der Waals surface area contributed by atoms with Crippen molar-refractivity contribution in [2.24, 2.45) is 0 Å². The maximum absolute atomic E-state index is 12.7. The lowest BCUT2D eigenvalue weighted by Gasteiger charge is -2.30. The molecule has 2 aromatic carbocycles. The van der Waals surface area contributed by atoms with E-state index >= 15 is 0 Å². The van der Waals surface area contributed by atoms with Crippen LogP contribution in [-0.4, -0.2) is 48.3 Å². The van der Waals surface area contributed by atoms with Crippen LogP contribution in [0.25, 0.3) is 11.5 Å². The van der Waals surface area contributed by atoms with Crippen LogP contribution in [-0.2, 0) is 11.2 Å². The third kappa shape index (κ3) is 4.82. The first-order valence-corrected chi connectivity index (χ1v) is 10.5. The number of ether oxygens (including phenoxy) is 2. The smallest absolute Gasteiger partial charge is 0.258 e. The number of nitrogens with zero attached hydrogens (tertiary/aromatic N) is 3. The number of aromatic nitrogens is 2. The van der Waals surface area contributed by atoms with Gasteiger partial charge in [0.1, 0.15) is 11.5 Å². The van der Waals surface area contributed by atoms with E-state index in [9.17, 15) is 4.79 Å². The Morgan fingerprint density at radius 1 is 1.13 bits per heavy atom. The van der Waals surface area contributed by atoms with Gasteiger partial charge in [0.15, 0.2) is 5.82 Å². The maximum Gasteiger partial charge on any atom is 0.258 e. The first-order valence-electron chi connectivity index (χ1n) is 10.2. The van der Waals surface area contributed by atoms with E-state index < -0.39 is 0 Å². The summed E-state index contributed by atoms with van der Waals surface area (Å²) in [7, 11) is 3.21. The van der Waals surface area contributed by atoms with E-state index in [1.165, 1.54) is 0 Å². The molecule has 0 spiro atoms. The van der Waals surface area contributed by atoms with Gasteiger partial charge in [-0.3, -0.25) is 4.79 Å². The van der Waals surface area contributed by atoms with Crippen LogP contribution in [0.15, 0.2) is 47.0 Å². The normalized spacial score (nSPS) is 14.5. The highest BCUT2D eigenvalue weighted by atomic mass is 35.5. The third-order valence-corrected chi connectivity index (χ3v) is 5.92. The van der Waals surface area contributed by atoms with Crippen LogP contribution in [0.5, 0.6) is 11.5 Å². The van der Waals surface area contributed by atoms with Gasteiger partial charge in [0.05, 0.1) is 20.6 Å². The number of piperidine rings is 1. The van der Waals surface area contributed by atoms with E-state index in [1.807, 2.05) is 41.3 Å². The monoisotopic (exact) mass is 441 g/mol. The van der Waals surface area contributed by atoms with E-state index in [0.717, 1.165) is 29.7 Å². The fraction of sp³-hybridized carbons (Fsp3) is 0.348. The number of halogens is 1. The van der Waals surface area contributed by atoms with Gasteiger partial charge in [-0.15, -0.1) is 0 Å². The molecule has 0 N–H and O–H groups in total. The van der Waals surface area contributed by atoms with Crippen LogP contribution >= 0.6 is 11.6 Å². The Kier molecular flexibility index (Phi) is 6.42. The molecule has 1 saturated heterocycles. The standard InChI is InChI=1S/C23H24ClN3O4/c1-29-18-5-3-4-17(12-18)23-25-22(26-31-23)15-8-10-27(11-9-15)21(28)13-16-6-7-19(30-2)14-20(16)24/h3-7,12,14-15H,8-11,13H2,1-2H3. The Hall–Kier alpha value is -3.06. The summed E-state index contributed by atoms with van der Waals surface area (Å²) in [5.41, 5.74) is 1.62. The number of hydrogen-bond acceptors (Lipinski definition) is 6. The van der Waals surface area contributed by atoms with Crippen molar-refractivity contribution >= 4 is 17.5 Å². The number of rotatable bonds is 6. The lowest BCUT2D eigenvalue weighted by molar-refractivity contribution is -0.131. The van der Waals surface area contributed by atoms with E-state index in [1.54, 1.807) is 20.3 Å². The van der Waals surface area contributed by atoms with Gasteiger partial charge >= 0.3 is 0 Å². The zero-order valence-electron chi connectivity index (χ0n) is 17.5. The summed E-state index contributed by atoms with van der Waals surface area (Å²) in [6.45, 7) is 1.31. The lowest BCUT2D eigenvalue weighted by atomic mass is 9.95. The molecule has 1 fully saturated rings. The highest BCUT2D eigenvalue weighted by Gasteiger charge is 2.27. The molecular weight excluding hydrogens is 418 g/mol. The van der Waals surface area contributed by atoms with Crippen LogP contribution in [0.1, 0.15) is 30.1 Å². The van der Waals surface area contributed by atoms with Crippen LogP contribution in [0.4, 0.5) is 0 Å². The molecule has 0 radical (unpaired) electrons. The van der Waals surface area contributed by atoms with Gasteiger partial charge in [-0.25, -0.2) is 0 Å². The van der Waals surface area contributed by atoms with Gasteiger partial charge in [0, 0.05) is 29.6 Å². The van der Waals surface area contributed by atoms with Crippen LogP contribution in [0.3, 0.4) is 0 Å². The van der Waals surface area contributed by atoms with Crippen molar-refractivity contribution in [3.8, 4) is 23.0 Å². The Morgan fingerprint density at radius 3 is 2.58 bits per heavy atom. The number of hydrogen-bond donors (Lipinski definition) is 0. The summed E-state index contributed by atoms with van der Waals surface area (Å²) in [6, 6.07) is 12.9. The van der Waals surface area contributed by atoms with Crippen molar-refractivity contribution in [3.05, 3.63) is 58.9 Å². The number of methoxy groups -OCH3 is 2. The Balaban J connectivity index is 1.35. The second-order valence-electron chi connectivity index (χ2n) is 7.48. The largest absolute Gasteiger partial charge is 0.497 e. The second-order valence-corrected chi connectivity index (χ2v) is 7.89. The van der Waals surface area contributed by atoms with Gasteiger partial charge < -0.3 is 18.9 Å². The van der Waals surface area contributed by atoms with E-state index in [-0.39, 0.29) is 18.2 Å². The van der Waals surface area contributed by atoms with Gasteiger partial charge in [-0.1, -0.05) is 28.9 Å². The minimum atomic E-state index is 0.0655. The molecule has 1 amide bonds. The first kappa shape index (κ1) is 21.2. The molecule has 162 valence electrons. The number of amides is 1. The molecule has 31 heavy (non-hydrogen) atoms. The van der Waals surface area contributed by atoms with Gasteiger partial charge in [-0.2, -0.15) is 4.98 Å². The molecule has 2 heterocycles. The van der Waals surface area contributed by atoms with Crippen molar-refractivity contribution < 1.29 is 18.8 Å². The fourth-order valence-corrected chi connectivity index (χ4v) is 3.97. The number of benzene rings is 2. The molecule has 0 atom stereocenters. The van der Waals surface area contributed by atoms with E-state index in [0.29, 0.717) is 35.6 Å². The molecule has 0 bridgehead atoms. The van der Waals surface area contributed by atoms with E-state index in [2.05, 4.69) is 10.1 Å². The molecule has 0 unspecified atom stereocenters. The quantitative estimate of drug-likeness (QED) is 0.565. The summed E-state index contributed by atoms with van der Waals surface area (Å²) < 4.78 is 15.9. The van der Waals surface area contributed by atoms with E-state index in [4.69, 9.17) is 25.6 Å². The number of carbonyl (C=O) groups is 1. The van der Waals surface area contributed by atoms with Crippen LogP contribution in [0.2, 0.25) is 5.02 Å². The molecule has 7 nitrogen and oxygen atoms in total. The summed E-state index contributed by atoms with van der Waals surface area (Å²) in [5.74, 6) is 2.80. The van der Waals surface area contributed by atoms with Crippen molar-refractivity contribution in [1.82, 2.24) is 15.0 Å². The molecule has 0 saturated carbocycles. The minimum absolute atomic E-state index is 0.0655. The second kappa shape index (κ2) is 9.39. The zero-order valence-corrected chi connectivity index (χ0v) is 18.3. The molecular formula is C23H24ClN3O4. The number of likely N-dealkylation sites (tertiary alicyclic amines) is 1. The highest BCUT2D eigenvalue weighted by molar-refractivity contribution is 6.31. The topological polar surface area (TPSA) is 77.7 Å². The predicted molar refractivity (Wildman–Crippen MR) is 117 cm³/mol. The van der Waals surface area contributed by atoms with Crippen LogP contribution < -0.4 is 9.47 Å². The fourth-order valence-electron chi connectivity index (χ4n) is 3.73. The molecule has 8 heteroatoms. The molecule has 1 aliphatic heterocycles. The summed E-state index contributed by atoms with van der Waals surface area (Å²) in [6.07, 6.45) is 1.86. The minimum Gasteiger partial charge on any atom is -0.497 e. The predicted octanol–water partition coefficient (Wildman–Crippen LogP) is 4.36. The third-order valence-electron chi connectivity index (χ3n) is 5.57. The molecule has 1 aromatic heterocycles.